The number of pyridine rings is 2. The number of nitrogens with one attached hydrogen (secondary N) is 3. The van der Waals surface area contributed by atoms with Crippen molar-refractivity contribution in [2.45, 2.75) is 6.54 Å². The van der Waals surface area contributed by atoms with Crippen LogP contribution in [0.2, 0.25) is 0 Å². The van der Waals surface area contributed by atoms with Gasteiger partial charge in [0, 0.05) is 42.7 Å². The van der Waals surface area contributed by atoms with Crippen molar-refractivity contribution in [3.8, 4) is 6.19 Å². The summed E-state index contributed by atoms with van der Waals surface area (Å²) in [6, 6.07) is 22.8. The van der Waals surface area contributed by atoms with Crippen LogP contribution in [0, 0.1) is 11.5 Å². The number of aromatic nitrogens is 2. The molecule has 1 amide bonds. The number of benzene rings is 2. The van der Waals surface area contributed by atoms with E-state index >= 15 is 0 Å². The Morgan fingerprint density at radius 2 is 1.87 bits per heavy atom. The first-order valence-electron chi connectivity index (χ1n) is 12.1. The van der Waals surface area contributed by atoms with Crippen LogP contribution in [0.3, 0.4) is 0 Å². The molecule has 0 radical (unpaired) electrons. The molecule has 192 valence electrons. The van der Waals surface area contributed by atoms with Gasteiger partial charge in [-0.15, -0.1) is 16.3 Å². The summed E-state index contributed by atoms with van der Waals surface area (Å²) in [4.78, 5) is 27.9. The number of thiophene rings is 1. The highest BCUT2D eigenvalue weighted by Crippen LogP contribution is 2.26. The van der Waals surface area contributed by atoms with Crippen molar-refractivity contribution < 1.29 is 4.79 Å². The number of aliphatic imine (C=N–C) groups is 1. The quantitative estimate of drug-likeness (QED) is 0.135. The van der Waals surface area contributed by atoms with Gasteiger partial charge in [-0.25, -0.2) is 0 Å². The second-order valence-corrected chi connectivity index (χ2v) is 9.39. The van der Waals surface area contributed by atoms with E-state index < -0.39 is 0 Å². The smallest absolute Gasteiger partial charge is 0.267 e. The van der Waals surface area contributed by atoms with Crippen molar-refractivity contribution in [2.24, 2.45) is 4.99 Å². The molecule has 0 spiro atoms. The number of para-hydroxylation sites is 1. The van der Waals surface area contributed by atoms with E-state index in [-0.39, 0.29) is 5.91 Å². The number of carbonyl (C=O) groups excluding carboxylic acids is 1. The third kappa shape index (κ3) is 6.01. The lowest BCUT2D eigenvalue weighted by Gasteiger charge is -2.21. The van der Waals surface area contributed by atoms with Crippen LogP contribution in [0.4, 0.5) is 22.7 Å². The molecule has 3 aromatic heterocycles. The Morgan fingerprint density at radius 1 is 1.03 bits per heavy atom. The molecule has 0 bridgehead atoms. The highest BCUT2D eigenvalue weighted by atomic mass is 32.1. The number of hydrogen-bond acceptors (Lipinski definition) is 7. The maximum Gasteiger partial charge on any atom is 0.267 e. The maximum absolute atomic E-state index is 13.2. The molecule has 10 heteroatoms. The Balaban J connectivity index is 1.27. The van der Waals surface area contributed by atoms with Crippen molar-refractivity contribution >= 4 is 56.9 Å². The Morgan fingerprint density at radius 3 is 2.69 bits per heavy atom. The summed E-state index contributed by atoms with van der Waals surface area (Å²) in [7, 11) is 1.78. The fourth-order valence-corrected chi connectivity index (χ4v) is 4.79. The average molecular weight is 533 g/mol. The summed E-state index contributed by atoms with van der Waals surface area (Å²) in [5.74, 6) is 0.102. The largest absolute Gasteiger partial charge is 0.380 e. The lowest BCUT2D eigenvalue weighted by atomic mass is 10.1. The van der Waals surface area contributed by atoms with Gasteiger partial charge in [-0.1, -0.05) is 24.3 Å². The highest BCUT2D eigenvalue weighted by Gasteiger charge is 2.15. The molecule has 39 heavy (non-hydrogen) atoms. The minimum atomic E-state index is -0.220. The number of nitrogens with zero attached hydrogens (tertiary/aromatic N) is 5. The first kappa shape index (κ1) is 25.4. The zero-order chi connectivity index (χ0) is 27.0. The minimum absolute atomic E-state index is 0.220. The van der Waals surface area contributed by atoms with Crippen molar-refractivity contribution in [3.63, 3.8) is 0 Å². The molecular formula is C29H24N8OS. The fourth-order valence-electron chi connectivity index (χ4n) is 4.02. The van der Waals surface area contributed by atoms with Gasteiger partial charge in [0.1, 0.15) is 4.88 Å². The van der Waals surface area contributed by atoms with E-state index in [1.165, 1.54) is 11.3 Å². The number of guanidine groups is 1. The molecular weight excluding hydrogens is 508 g/mol. The number of carbonyl (C=O) groups is 1. The predicted octanol–water partition coefficient (Wildman–Crippen LogP) is 5.94. The summed E-state index contributed by atoms with van der Waals surface area (Å²) >= 11 is 1.37. The number of anilines is 4. The van der Waals surface area contributed by atoms with Gasteiger partial charge in [0.05, 0.1) is 23.1 Å². The van der Waals surface area contributed by atoms with Crippen molar-refractivity contribution in [2.75, 3.05) is 27.9 Å². The average Bonchev–Trinajstić information content (AvgIpc) is 3.45. The molecule has 5 aromatic rings. The second kappa shape index (κ2) is 11.9. The molecule has 0 aliphatic rings. The summed E-state index contributed by atoms with van der Waals surface area (Å²) in [5, 5.41) is 21.7. The molecule has 9 nitrogen and oxygen atoms in total. The molecule has 0 fully saturated rings. The van der Waals surface area contributed by atoms with Gasteiger partial charge in [-0.05, 0) is 59.5 Å². The summed E-state index contributed by atoms with van der Waals surface area (Å²) in [5.41, 5.74) is 4.82. The molecule has 3 N–H and O–H groups in total. The SMILES string of the molecule is CN(/C(=N\C#N)Nc1cccc(NC(=O)c2sccc2NCc2ccnc3ccccc23)c1)c1cccnc1. The van der Waals surface area contributed by atoms with E-state index in [0.29, 0.717) is 28.8 Å². The molecule has 0 saturated carbocycles. The fraction of sp³-hybridized carbons (Fsp3) is 0.0690. The number of amides is 1. The molecule has 0 atom stereocenters. The number of nitriles is 1. The van der Waals surface area contributed by atoms with Crippen molar-refractivity contribution in [3.05, 3.63) is 107 Å². The number of hydrogen-bond donors (Lipinski definition) is 3. The van der Waals surface area contributed by atoms with Crippen LogP contribution in [0.5, 0.6) is 0 Å². The first-order valence-corrected chi connectivity index (χ1v) is 12.9. The second-order valence-electron chi connectivity index (χ2n) is 8.47. The molecule has 3 heterocycles. The maximum atomic E-state index is 13.2. The molecule has 2 aromatic carbocycles. The number of fused-ring (bicyclic) bond motifs is 1. The van der Waals surface area contributed by atoms with Crippen LogP contribution < -0.4 is 20.9 Å². The van der Waals surface area contributed by atoms with Crippen LogP contribution in [-0.4, -0.2) is 28.9 Å². The van der Waals surface area contributed by atoms with Crippen molar-refractivity contribution in [1.29, 1.82) is 5.26 Å². The van der Waals surface area contributed by atoms with Gasteiger partial charge in [0.2, 0.25) is 12.2 Å². The van der Waals surface area contributed by atoms with Gasteiger partial charge in [-0.3, -0.25) is 14.8 Å². The van der Waals surface area contributed by atoms with Gasteiger partial charge in [-0.2, -0.15) is 5.26 Å². The van der Waals surface area contributed by atoms with E-state index in [2.05, 4.69) is 30.9 Å². The molecule has 0 saturated heterocycles. The Bertz CT molecular complexity index is 1670. The normalized spacial score (nSPS) is 11.0. The van der Waals surface area contributed by atoms with Crippen LogP contribution in [0.15, 0.2) is 102 Å². The van der Waals surface area contributed by atoms with Gasteiger partial charge < -0.3 is 20.9 Å². The molecule has 0 aliphatic carbocycles. The number of rotatable bonds is 7. The standard InChI is InChI=1S/C29H24N8OS/c1-37(23-8-5-13-31-18-23)29(34-19-30)36-22-7-4-6-21(16-22)35-28(38)27-26(12-15-39-27)33-17-20-11-14-32-25-10-3-2-9-24(20)25/h2-16,18,33H,17H2,1H3,(H,34,36)(H,35,38). The van der Waals surface area contributed by atoms with E-state index in [0.717, 1.165) is 27.8 Å². The predicted molar refractivity (Wildman–Crippen MR) is 157 cm³/mol. The third-order valence-corrected chi connectivity index (χ3v) is 6.88. The zero-order valence-corrected chi connectivity index (χ0v) is 21.8. The van der Waals surface area contributed by atoms with Crippen LogP contribution >= 0.6 is 11.3 Å². The third-order valence-electron chi connectivity index (χ3n) is 5.96. The Hall–Kier alpha value is -5.27. The molecule has 0 aliphatic heterocycles. The molecule has 5 rings (SSSR count). The van der Waals surface area contributed by atoms with E-state index in [9.17, 15) is 10.1 Å². The van der Waals surface area contributed by atoms with Crippen LogP contribution in [-0.2, 0) is 6.54 Å². The van der Waals surface area contributed by atoms with Crippen LogP contribution in [0.1, 0.15) is 15.2 Å². The van der Waals surface area contributed by atoms with Gasteiger partial charge in [0.15, 0.2) is 0 Å². The Labute approximate surface area is 229 Å². The summed E-state index contributed by atoms with van der Waals surface area (Å²) in [6.07, 6.45) is 6.97. The minimum Gasteiger partial charge on any atom is -0.380 e. The zero-order valence-electron chi connectivity index (χ0n) is 21.0. The Kier molecular flexibility index (Phi) is 7.71. The lowest BCUT2D eigenvalue weighted by molar-refractivity contribution is 0.103. The van der Waals surface area contributed by atoms with Crippen LogP contribution in [0.25, 0.3) is 10.9 Å². The van der Waals surface area contributed by atoms with Gasteiger partial charge >= 0.3 is 0 Å². The first-order chi connectivity index (χ1) is 19.1. The van der Waals surface area contributed by atoms with Crippen molar-refractivity contribution in [1.82, 2.24) is 9.97 Å². The van der Waals surface area contributed by atoms with Gasteiger partial charge in [0.25, 0.3) is 5.91 Å². The monoisotopic (exact) mass is 532 g/mol. The topological polar surface area (TPSA) is 118 Å². The highest BCUT2D eigenvalue weighted by molar-refractivity contribution is 7.12. The van der Waals surface area contributed by atoms with E-state index in [1.54, 1.807) is 48.7 Å². The van der Waals surface area contributed by atoms with E-state index in [1.807, 2.05) is 66.2 Å². The van der Waals surface area contributed by atoms with E-state index in [4.69, 9.17) is 0 Å². The molecule has 0 unspecified atom stereocenters. The summed E-state index contributed by atoms with van der Waals surface area (Å²) < 4.78 is 0. The lowest BCUT2D eigenvalue weighted by Crippen LogP contribution is -2.33. The summed E-state index contributed by atoms with van der Waals surface area (Å²) in [6.45, 7) is 0.560.